The van der Waals surface area contributed by atoms with Gasteiger partial charge in [0, 0.05) is 18.1 Å². The Bertz CT molecular complexity index is 767. The van der Waals surface area contributed by atoms with E-state index >= 15 is 0 Å². The van der Waals surface area contributed by atoms with Crippen LogP contribution in [0.3, 0.4) is 0 Å². The highest BCUT2D eigenvalue weighted by atomic mass is 35.5. The summed E-state index contributed by atoms with van der Waals surface area (Å²) in [6.07, 6.45) is 1.86. The molecule has 19 heavy (non-hydrogen) atoms. The number of nitrogens with zero attached hydrogens (tertiary/aromatic N) is 2. The first kappa shape index (κ1) is 11.8. The first-order chi connectivity index (χ1) is 9.29. The average Bonchev–Trinajstić information content (AvgIpc) is 2.79. The van der Waals surface area contributed by atoms with Crippen LogP contribution < -0.4 is 0 Å². The summed E-state index contributed by atoms with van der Waals surface area (Å²) in [5.41, 5.74) is 2.77. The van der Waals surface area contributed by atoms with E-state index in [1.807, 2.05) is 47.2 Å². The molecule has 0 aliphatic carbocycles. The largest absolute Gasteiger partial charge is 0.340 e. The van der Waals surface area contributed by atoms with E-state index in [1.165, 1.54) is 5.56 Å². The third-order valence-corrected chi connectivity index (χ3v) is 3.47. The van der Waals surface area contributed by atoms with Crippen molar-refractivity contribution in [3.05, 3.63) is 70.9 Å². The molecule has 92 valence electrons. The molecule has 0 aliphatic rings. The highest BCUT2D eigenvalue weighted by Gasteiger charge is 2.11. The van der Waals surface area contributed by atoms with Crippen LogP contribution in [0, 0.1) is 11.3 Å². The standard InChI is InChI=1S/C16H11ClN2/c17-15-8-4-7-14-13(9-18)11-19(16(14)15)10-12-5-2-1-3-6-12/h1-8,11H,10H2. The number of nitriles is 1. The van der Waals surface area contributed by atoms with E-state index in [2.05, 4.69) is 18.2 Å². The van der Waals surface area contributed by atoms with Gasteiger partial charge in [0.25, 0.3) is 0 Å². The number of fused-ring (bicyclic) bond motifs is 1. The fourth-order valence-electron chi connectivity index (χ4n) is 2.31. The summed E-state index contributed by atoms with van der Waals surface area (Å²) in [5, 5.41) is 10.8. The Hall–Kier alpha value is -2.24. The number of rotatable bonds is 2. The molecule has 2 nitrogen and oxygen atoms in total. The minimum Gasteiger partial charge on any atom is -0.340 e. The summed E-state index contributed by atoms with van der Waals surface area (Å²) in [7, 11) is 0. The van der Waals surface area contributed by atoms with Gasteiger partial charge in [-0.2, -0.15) is 5.26 Å². The Morgan fingerprint density at radius 1 is 1.05 bits per heavy atom. The molecule has 0 N–H and O–H groups in total. The zero-order chi connectivity index (χ0) is 13.2. The number of aromatic nitrogens is 1. The van der Waals surface area contributed by atoms with Crippen molar-refractivity contribution in [1.29, 1.82) is 5.26 Å². The second-order valence-electron chi connectivity index (χ2n) is 4.40. The average molecular weight is 267 g/mol. The monoisotopic (exact) mass is 266 g/mol. The SMILES string of the molecule is N#Cc1cn(Cc2ccccc2)c2c(Cl)cccc12. The lowest BCUT2D eigenvalue weighted by Gasteiger charge is -2.06. The Balaban J connectivity index is 2.17. The van der Waals surface area contributed by atoms with Gasteiger partial charge in [0.1, 0.15) is 6.07 Å². The summed E-state index contributed by atoms with van der Waals surface area (Å²) in [6, 6.07) is 18.0. The molecule has 0 unspecified atom stereocenters. The van der Waals surface area contributed by atoms with E-state index in [1.54, 1.807) is 0 Å². The van der Waals surface area contributed by atoms with Crippen molar-refractivity contribution in [1.82, 2.24) is 4.57 Å². The van der Waals surface area contributed by atoms with Crippen LogP contribution in [-0.2, 0) is 6.54 Å². The van der Waals surface area contributed by atoms with Crippen molar-refractivity contribution in [3.8, 4) is 6.07 Å². The normalized spacial score (nSPS) is 10.5. The van der Waals surface area contributed by atoms with Crippen molar-refractivity contribution < 1.29 is 0 Å². The van der Waals surface area contributed by atoms with Gasteiger partial charge in [0.05, 0.1) is 16.1 Å². The first-order valence-electron chi connectivity index (χ1n) is 6.01. The Morgan fingerprint density at radius 2 is 1.84 bits per heavy atom. The molecule has 0 aliphatic heterocycles. The molecule has 0 bridgehead atoms. The zero-order valence-corrected chi connectivity index (χ0v) is 10.9. The van der Waals surface area contributed by atoms with Crippen LogP contribution in [0.15, 0.2) is 54.7 Å². The molecule has 3 rings (SSSR count). The molecule has 1 aromatic heterocycles. The van der Waals surface area contributed by atoms with E-state index in [-0.39, 0.29) is 0 Å². The van der Waals surface area contributed by atoms with Gasteiger partial charge in [-0.15, -0.1) is 0 Å². The zero-order valence-electron chi connectivity index (χ0n) is 10.2. The quantitative estimate of drug-likeness (QED) is 0.683. The van der Waals surface area contributed by atoms with E-state index in [0.29, 0.717) is 17.1 Å². The van der Waals surface area contributed by atoms with E-state index in [0.717, 1.165) is 10.9 Å². The van der Waals surface area contributed by atoms with Crippen LogP contribution in [0.4, 0.5) is 0 Å². The molecule has 0 radical (unpaired) electrons. The van der Waals surface area contributed by atoms with Gasteiger partial charge in [-0.25, -0.2) is 0 Å². The first-order valence-corrected chi connectivity index (χ1v) is 6.39. The maximum atomic E-state index is 9.20. The van der Waals surface area contributed by atoms with Crippen LogP contribution in [0.25, 0.3) is 10.9 Å². The number of halogens is 1. The van der Waals surface area contributed by atoms with Gasteiger partial charge in [0.2, 0.25) is 0 Å². The molecular formula is C16H11ClN2. The number of para-hydroxylation sites is 1. The predicted molar refractivity (Wildman–Crippen MR) is 77.2 cm³/mol. The molecule has 3 heteroatoms. The van der Waals surface area contributed by atoms with E-state index in [9.17, 15) is 5.26 Å². The van der Waals surface area contributed by atoms with E-state index in [4.69, 9.17) is 11.6 Å². The van der Waals surface area contributed by atoms with Gasteiger partial charge in [-0.3, -0.25) is 0 Å². The second-order valence-corrected chi connectivity index (χ2v) is 4.81. The van der Waals surface area contributed by atoms with Gasteiger partial charge in [0.15, 0.2) is 0 Å². The van der Waals surface area contributed by atoms with Gasteiger partial charge in [-0.05, 0) is 11.6 Å². The molecule has 0 saturated heterocycles. The van der Waals surface area contributed by atoms with Gasteiger partial charge >= 0.3 is 0 Å². The molecule has 2 aromatic carbocycles. The van der Waals surface area contributed by atoms with Crippen molar-refractivity contribution in [3.63, 3.8) is 0 Å². The minimum absolute atomic E-state index is 0.661. The van der Waals surface area contributed by atoms with Crippen LogP contribution in [0.1, 0.15) is 11.1 Å². The van der Waals surface area contributed by atoms with Crippen molar-refractivity contribution in [2.45, 2.75) is 6.54 Å². The maximum absolute atomic E-state index is 9.20. The fourth-order valence-corrected chi connectivity index (χ4v) is 2.59. The van der Waals surface area contributed by atoms with Crippen molar-refractivity contribution in [2.75, 3.05) is 0 Å². The molecule has 0 atom stereocenters. The Labute approximate surface area is 116 Å². The lowest BCUT2D eigenvalue weighted by Crippen LogP contribution is -1.97. The minimum atomic E-state index is 0.661. The summed E-state index contributed by atoms with van der Waals surface area (Å²) in [5.74, 6) is 0. The highest BCUT2D eigenvalue weighted by Crippen LogP contribution is 2.28. The lowest BCUT2D eigenvalue weighted by molar-refractivity contribution is 0.836. The third-order valence-electron chi connectivity index (χ3n) is 3.17. The second kappa shape index (κ2) is 4.79. The van der Waals surface area contributed by atoms with Crippen LogP contribution in [-0.4, -0.2) is 4.57 Å². The number of hydrogen-bond donors (Lipinski definition) is 0. The van der Waals surface area contributed by atoms with Crippen LogP contribution in [0.2, 0.25) is 5.02 Å². The number of hydrogen-bond acceptors (Lipinski definition) is 1. The maximum Gasteiger partial charge on any atom is 0.101 e. The smallest absolute Gasteiger partial charge is 0.101 e. The topological polar surface area (TPSA) is 28.7 Å². The van der Waals surface area contributed by atoms with Crippen LogP contribution in [0.5, 0.6) is 0 Å². The van der Waals surface area contributed by atoms with Gasteiger partial charge in [-0.1, -0.05) is 54.1 Å². The molecule has 3 aromatic rings. The highest BCUT2D eigenvalue weighted by molar-refractivity contribution is 6.35. The van der Waals surface area contributed by atoms with Crippen LogP contribution >= 0.6 is 11.6 Å². The van der Waals surface area contributed by atoms with Crippen molar-refractivity contribution in [2.24, 2.45) is 0 Å². The fraction of sp³-hybridized carbons (Fsp3) is 0.0625. The summed E-state index contributed by atoms with van der Waals surface area (Å²) in [4.78, 5) is 0. The molecule has 0 spiro atoms. The lowest BCUT2D eigenvalue weighted by atomic mass is 10.2. The molecule has 0 amide bonds. The summed E-state index contributed by atoms with van der Waals surface area (Å²) < 4.78 is 2.03. The molecule has 0 saturated carbocycles. The number of benzene rings is 2. The predicted octanol–water partition coefficient (Wildman–Crippen LogP) is 4.21. The Kier molecular flexibility index (Phi) is 2.98. The molecular weight excluding hydrogens is 256 g/mol. The van der Waals surface area contributed by atoms with Crippen molar-refractivity contribution >= 4 is 22.5 Å². The Morgan fingerprint density at radius 3 is 2.58 bits per heavy atom. The van der Waals surface area contributed by atoms with E-state index < -0.39 is 0 Å². The summed E-state index contributed by atoms with van der Waals surface area (Å²) in [6.45, 7) is 0.711. The molecule has 0 fully saturated rings. The third kappa shape index (κ3) is 2.09. The summed E-state index contributed by atoms with van der Waals surface area (Å²) >= 11 is 6.27. The molecule has 1 heterocycles. The van der Waals surface area contributed by atoms with Gasteiger partial charge < -0.3 is 4.57 Å².